The van der Waals surface area contributed by atoms with Gasteiger partial charge in [0.05, 0.1) is 7.11 Å². The van der Waals surface area contributed by atoms with Crippen molar-refractivity contribution in [3.63, 3.8) is 0 Å². The van der Waals surface area contributed by atoms with Crippen LogP contribution in [0.1, 0.15) is 25.0 Å². The van der Waals surface area contributed by atoms with Crippen molar-refractivity contribution in [2.24, 2.45) is 0 Å². The summed E-state index contributed by atoms with van der Waals surface area (Å²) in [6.45, 7) is 3.90. The van der Waals surface area contributed by atoms with Crippen LogP contribution in [-0.2, 0) is 16.0 Å². The lowest BCUT2D eigenvalue weighted by atomic mass is 10.1. The molecule has 0 aliphatic carbocycles. The molecule has 5 heteroatoms. The van der Waals surface area contributed by atoms with Crippen molar-refractivity contribution in [2.75, 3.05) is 19.0 Å². The first-order chi connectivity index (χ1) is 12.5. The Balaban J connectivity index is 1.87. The molecule has 0 saturated heterocycles. The van der Waals surface area contributed by atoms with Crippen LogP contribution in [-0.4, -0.2) is 25.5 Å². The Morgan fingerprint density at radius 1 is 1.04 bits per heavy atom. The number of rotatable bonds is 7. The molecule has 0 fully saturated rings. The molecule has 0 aliphatic heterocycles. The lowest BCUT2D eigenvalue weighted by molar-refractivity contribution is -0.116. The van der Waals surface area contributed by atoms with Crippen LogP contribution in [0.25, 0.3) is 5.57 Å². The number of benzene rings is 2. The van der Waals surface area contributed by atoms with Crippen LogP contribution in [0, 0.1) is 0 Å². The van der Waals surface area contributed by atoms with E-state index in [2.05, 4.69) is 10.6 Å². The number of carbonyl (C=O) groups excluding carboxylic acids is 2. The zero-order valence-corrected chi connectivity index (χ0v) is 15.3. The predicted molar refractivity (Wildman–Crippen MR) is 104 cm³/mol. The summed E-state index contributed by atoms with van der Waals surface area (Å²) in [4.78, 5) is 23.1. The number of allylic oxidation sites excluding steroid dienone is 1. The summed E-state index contributed by atoms with van der Waals surface area (Å²) in [5, 5.41) is 5.62. The molecule has 5 nitrogen and oxygen atoms in total. The minimum absolute atomic E-state index is 0.0952. The summed E-state index contributed by atoms with van der Waals surface area (Å²) in [7, 11) is 1.61. The normalized spacial score (nSPS) is 11.0. The highest BCUT2D eigenvalue weighted by atomic mass is 16.5. The van der Waals surface area contributed by atoms with E-state index in [1.807, 2.05) is 55.5 Å². The van der Waals surface area contributed by atoms with Gasteiger partial charge in [0.25, 0.3) is 0 Å². The van der Waals surface area contributed by atoms with E-state index < -0.39 is 0 Å². The van der Waals surface area contributed by atoms with Gasteiger partial charge in [0.2, 0.25) is 11.8 Å². The fourth-order valence-electron chi connectivity index (χ4n) is 2.58. The molecule has 2 aromatic rings. The molecule has 0 atom stereocenters. The summed E-state index contributed by atoms with van der Waals surface area (Å²) < 4.78 is 5.32. The average Bonchev–Trinajstić information content (AvgIpc) is 2.62. The van der Waals surface area contributed by atoms with Gasteiger partial charge in [0, 0.05) is 30.8 Å². The molecule has 0 bridgehead atoms. The molecule has 0 heterocycles. The number of para-hydroxylation sites is 1. The van der Waals surface area contributed by atoms with Gasteiger partial charge in [-0.15, -0.1) is 0 Å². The lowest BCUT2D eigenvalue weighted by Gasteiger charge is -2.09. The van der Waals surface area contributed by atoms with E-state index in [4.69, 9.17) is 4.74 Å². The van der Waals surface area contributed by atoms with Crippen molar-refractivity contribution in [3.8, 4) is 5.75 Å². The first-order valence-corrected chi connectivity index (χ1v) is 8.45. The van der Waals surface area contributed by atoms with Crippen LogP contribution in [0.15, 0.2) is 54.6 Å². The molecule has 2 amide bonds. The minimum atomic E-state index is -0.136. The van der Waals surface area contributed by atoms with Crippen LogP contribution < -0.4 is 15.4 Å². The van der Waals surface area contributed by atoms with Crippen molar-refractivity contribution in [1.29, 1.82) is 0 Å². The van der Waals surface area contributed by atoms with Gasteiger partial charge >= 0.3 is 0 Å². The molecule has 2 rings (SSSR count). The summed E-state index contributed by atoms with van der Waals surface area (Å²) in [6, 6.07) is 15.2. The van der Waals surface area contributed by atoms with Crippen molar-refractivity contribution in [3.05, 3.63) is 65.7 Å². The largest absolute Gasteiger partial charge is 0.496 e. The second-order valence-corrected chi connectivity index (χ2v) is 5.95. The van der Waals surface area contributed by atoms with Crippen molar-refractivity contribution >= 4 is 23.1 Å². The van der Waals surface area contributed by atoms with Crippen LogP contribution >= 0.6 is 0 Å². The zero-order valence-electron chi connectivity index (χ0n) is 15.3. The van der Waals surface area contributed by atoms with Crippen LogP contribution in [0.3, 0.4) is 0 Å². The van der Waals surface area contributed by atoms with E-state index in [1.54, 1.807) is 13.2 Å². The standard InChI is InChI=1S/C21H24N2O3/c1-15(19-6-4-5-7-20(19)26-3)14-21(25)22-13-12-17-8-10-18(11-9-17)23-16(2)24/h4-11,14H,12-13H2,1-3H3,(H,22,25)(H,23,24). The highest BCUT2D eigenvalue weighted by molar-refractivity contribution is 5.95. The Labute approximate surface area is 154 Å². The summed E-state index contributed by atoms with van der Waals surface area (Å²) in [6.07, 6.45) is 2.30. The number of ether oxygens (including phenoxy) is 1. The maximum absolute atomic E-state index is 12.1. The number of hydrogen-bond acceptors (Lipinski definition) is 3. The zero-order chi connectivity index (χ0) is 18.9. The number of carbonyl (C=O) groups is 2. The molecule has 0 aliphatic rings. The molecule has 0 aromatic heterocycles. The van der Waals surface area contributed by atoms with E-state index >= 15 is 0 Å². The smallest absolute Gasteiger partial charge is 0.244 e. The minimum Gasteiger partial charge on any atom is -0.496 e. The molecule has 26 heavy (non-hydrogen) atoms. The predicted octanol–water partition coefficient (Wildman–Crippen LogP) is 3.42. The molecule has 0 saturated carbocycles. The number of methoxy groups -OCH3 is 1. The van der Waals surface area contributed by atoms with Crippen LogP contribution in [0.4, 0.5) is 5.69 Å². The first kappa shape index (κ1) is 19.2. The van der Waals surface area contributed by atoms with Gasteiger partial charge in [-0.3, -0.25) is 9.59 Å². The van der Waals surface area contributed by atoms with Crippen LogP contribution in [0.5, 0.6) is 5.75 Å². The van der Waals surface area contributed by atoms with E-state index in [9.17, 15) is 9.59 Å². The third-order valence-electron chi connectivity index (χ3n) is 3.87. The van der Waals surface area contributed by atoms with E-state index in [0.29, 0.717) is 13.0 Å². The summed E-state index contributed by atoms with van der Waals surface area (Å²) in [5.74, 6) is 0.513. The van der Waals surface area contributed by atoms with Gasteiger partial charge in [-0.25, -0.2) is 0 Å². The molecular formula is C21H24N2O3. The Kier molecular flexibility index (Phi) is 6.97. The van der Waals surface area contributed by atoms with Crippen LogP contribution in [0.2, 0.25) is 0 Å². The molecule has 0 radical (unpaired) electrons. The summed E-state index contributed by atoms with van der Waals surface area (Å²) >= 11 is 0. The lowest BCUT2D eigenvalue weighted by Crippen LogP contribution is -2.23. The molecular weight excluding hydrogens is 328 g/mol. The topological polar surface area (TPSA) is 67.4 Å². The Morgan fingerprint density at radius 3 is 2.38 bits per heavy atom. The second-order valence-electron chi connectivity index (χ2n) is 5.95. The Hall–Kier alpha value is -3.08. The number of anilines is 1. The summed E-state index contributed by atoms with van der Waals surface area (Å²) in [5.41, 5.74) is 3.60. The highest BCUT2D eigenvalue weighted by Gasteiger charge is 2.06. The molecule has 2 N–H and O–H groups in total. The van der Waals surface area contributed by atoms with E-state index in [0.717, 1.165) is 28.1 Å². The van der Waals surface area contributed by atoms with Crippen molar-refractivity contribution < 1.29 is 14.3 Å². The third-order valence-corrected chi connectivity index (χ3v) is 3.87. The van der Waals surface area contributed by atoms with Gasteiger partial charge in [-0.05, 0) is 42.7 Å². The average molecular weight is 352 g/mol. The Bertz CT molecular complexity index is 795. The molecule has 136 valence electrons. The quantitative estimate of drug-likeness (QED) is 0.751. The van der Waals surface area contributed by atoms with Crippen molar-refractivity contribution in [1.82, 2.24) is 5.32 Å². The second kappa shape index (κ2) is 9.42. The number of hydrogen-bond donors (Lipinski definition) is 2. The van der Waals surface area contributed by atoms with Gasteiger partial charge in [0.15, 0.2) is 0 Å². The third kappa shape index (κ3) is 5.77. The van der Waals surface area contributed by atoms with Gasteiger partial charge in [-0.1, -0.05) is 30.3 Å². The van der Waals surface area contributed by atoms with Gasteiger partial charge < -0.3 is 15.4 Å². The maximum Gasteiger partial charge on any atom is 0.244 e. The monoisotopic (exact) mass is 352 g/mol. The van der Waals surface area contributed by atoms with E-state index in [1.165, 1.54) is 6.92 Å². The van der Waals surface area contributed by atoms with Crippen molar-refractivity contribution in [2.45, 2.75) is 20.3 Å². The maximum atomic E-state index is 12.1. The fourth-order valence-corrected chi connectivity index (χ4v) is 2.58. The SMILES string of the molecule is COc1ccccc1C(C)=CC(=O)NCCc1ccc(NC(C)=O)cc1. The number of nitrogens with one attached hydrogen (secondary N) is 2. The Morgan fingerprint density at radius 2 is 1.73 bits per heavy atom. The van der Waals surface area contributed by atoms with Gasteiger partial charge in [0.1, 0.15) is 5.75 Å². The fraction of sp³-hybridized carbons (Fsp3) is 0.238. The first-order valence-electron chi connectivity index (χ1n) is 8.45. The van der Waals surface area contributed by atoms with Gasteiger partial charge in [-0.2, -0.15) is 0 Å². The molecule has 2 aromatic carbocycles. The highest BCUT2D eigenvalue weighted by Crippen LogP contribution is 2.24. The number of amides is 2. The molecule has 0 spiro atoms. The molecule has 0 unspecified atom stereocenters. The van der Waals surface area contributed by atoms with E-state index in [-0.39, 0.29) is 11.8 Å².